The van der Waals surface area contributed by atoms with E-state index >= 15 is 4.39 Å². The second-order valence-corrected chi connectivity index (χ2v) is 11.6. The number of rotatable bonds is 6. The largest absolute Gasteiger partial charge is 0.456 e. The van der Waals surface area contributed by atoms with Crippen molar-refractivity contribution >= 4 is 78.0 Å². The number of anilines is 6. The molecule has 0 bridgehead atoms. The summed E-state index contributed by atoms with van der Waals surface area (Å²) in [6.07, 6.45) is 0. The van der Waals surface area contributed by atoms with Gasteiger partial charge in [0.1, 0.15) is 28.1 Å². The standard InChI is InChI=1S/C42H27FN2O2/c43-28-23-33(44(29-11-3-1-4-12-29)31-19-21-37-35-15-7-9-17-39(35)46-41(37)26-31)25-34(24-28)45(30-13-5-2-6-14-30)32-20-22-38-36-16-8-10-18-40(36)47-42(38)27-32/h1-27H. The molecule has 0 radical (unpaired) electrons. The van der Waals surface area contributed by atoms with Gasteiger partial charge in [0.15, 0.2) is 0 Å². The van der Waals surface area contributed by atoms with Crippen LogP contribution in [-0.2, 0) is 0 Å². The van der Waals surface area contributed by atoms with Crippen LogP contribution in [0.4, 0.5) is 38.5 Å². The molecular formula is C42H27FN2O2. The molecule has 9 aromatic rings. The van der Waals surface area contributed by atoms with Crippen molar-refractivity contribution in [1.82, 2.24) is 0 Å². The molecule has 9 rings (SSSR count). The van der Waals surface area contributed by atoms with Crippen LogP contribution in [0.15, 0.2) is 173 Å². The normalized spacial score (nSPS) is 11.5. The van der Waals surface area contributed by atoms with Crippen LogP contribution in [0.2, 0.25) is 0 Å². The van der Waals surface area contributed by atoms with E-state index in [1.165, 1.54) is 0 Å². The van der Waals surface area contributed by atoms with Crippen LogP contribution in [0, 0.1) is 5.82 Å². The smallest absolute Gasteiger partial charge is 0.137 e. The number of fused-ring (bicyclic) bond motifs is 6. The molecule has 0 spiro atoms. The van der Waals surface area contributed by atoms with E-state index < -0.39 is 0 Å². The van der Waals surface area contributed by atoms with Gasteiger partial charge in [-0.15, -0.1) is 0 Å². The third kappa shape index (κ3) is 4.68. The summed E-state index contributed by atoms with van der Waals surface area (Å²) in [5, 5.41) is 4.20. The van der Waals surface area contributed by atoms with Crippen molar-refractivity contribution in [2.75, 3.05) is 9.80 Å². The number of para-hydroxylation sites is 4. The van der Waals surface area contributed by atoms with Gasteiger partial charge in [-0.1, -0.05) is 72.8 Å². The molecule has 0 saturated heterocycles. The van der Waals surface area contributed by atoms with Gasteiger partial charge in [-0.3, -0.25) is 0 Å². The minimum absolute atomic E-state index is 0.353. The minimum atomic E-state index is -0.353. The highest BCUT2D eigenvalue weighted by Crippen LogP contribution is 2.43. The average molecular weight is 611 g/mol. The molecule has 4 nitrogen and oxygen atoms in total. The Hall–Kier alpha value is -6.33. The second kappa shape index (κ2) is 10.9. The summed E-state index contributed by atoms with van der Waals surface area (Å²) >= 11 is 0. The predicted octanol–water partition coefficient (Wildman–Crippen LogP) is 12.6. The first-order valence-corrected chi connectivity index (χ1v) is 15.5. The Morgan fingerprint density at radius 1 is 0.319 bits per heavy atom. The Balaban J connectivity index is 1.23. The van der Waals surface area contributed by atoms with E-state index in [4.69, 9.17) is 8.83 Å². The molecule has 5 heteroatoms. The van der Waals surface area contributed by atoms with Gasteiger partial charge in [0.05, 0.1) is 11.4 Å². The molecule has 0 N–H and O–H groups in total. The maximum absolute atomic E-state index is 15.9. The maximum atomic E-state index is 15.9. The van der Waals surface area contributed by atoms with Crippen LogP contribution in [0.25, 0.3) is 43.9 Å². The quantitative estimate of drug-likeness (QED) is 0.187. The summed E-state index contributed by atoms with van der Waals surface area (Å²) in [5.41, 5.74) is 8.06. The molecular weight excluding hydrogens is 583 g/mol. The first kappa shape index (κ1) is 27.0. The van der Waals surface area contributed by atoms with E-state index in [1.807, 2.05) is 115 Å². The fraction of sp³-hybridized carbons (Fsp3) is 0. The Labute approximate surface area is 270 Å². The van der Waals surface area contributed by atoms with E-state index in [1.54, 1.807) is 12.1 Å². The second-order valence-electron chi connectivity index (χ2n) is 11.6. The lowest BCUT2D eigenvalue weighted by molar-refractivity contribution is 0.628. The highest BCUT2D eigenvalue weighted by atomic mass is 19.1. The average Bonchev–Trinajstić information content (AvgIpc) is 3.67. The predicted molar refractivity (Wildman–Crippen MR) is 190 cm³/mol. The van der Waals surface area contributed by atoms with Crippen LogP contribution in [-0.4, -0.2) is 0 Å². The van der Waals surface area contributed by atoms with Gasteiger partial charge in [-0.2, -0.15) is 0 Å². The fourth-order valence-corrected chi connectivity index (χ4v) is 6.57. The van der Waals surface area contributed by atoms with Crippen molar-refractivity contribution in [3.05, 3.63) is 170 Å². The van der Waals surface area contributed by atoms with Gasteiger partial charge in [0.25, 0.3) is 0 Å². The third-order valence-corrected chi connectivity index (χ3v) is 8.65. The van der Waals surface area contributed by atoms with Crippen molar-refractivity contribution in [2.24, 2.45) is 0 Å². The maximum Gasteiger partial charge on any atom is 0.137 e. The molecule has 0 fully saturated rings. The molecule has 47 heavy (non-hydrogen) atoms. The molecule has 0 saturated carbocycles. The molecule has 2 heterocycles. The Bertz CT molecular complexity index is 2380. The van der Waals surface area contributed by atoms with E-state index in [2.05, 4.69) is 46.2 Å². The zero-order chi connectivity index (χ0) is 31.3. The SMILES string of the molecule is Fc1cc(N(c2ccccc2)c2ccc3c(c2)oc2ccccc23)cc(N(c2ccccc2)c2ccc3c(c2)oc2ccccc23)c1. The Kier molecular flexibility index (Phi) is 6.28. The summed E-state index contributed by atoms with van der Waals surface area (Å²) in [6, 6.07) is 53.6. The van der Waals surface area contributed by atoms with Crippen molar-refractivity contribution < 1.29 is 13.2 Å². The van der Waals surface area contributed by atoms with Crippen molar-refractivity contribution in [1.29, 1.82) is 0 Å². The zero-order valence-electron chi connectivity index (χ0n) is 25.2. The van der Waals surface area contributed by atoms with Crippen LogP contribution in [0.3, 0.4) is 0 Å². The number of furan rings is 2. The highest BCUT2D eigenvalue weighted by Gasteiger charge is 2.21. The summed E-state index contributed by atoms with van der Waals surface area (Å²) < 4.78 is 28.4. The van der Waals surface area contributed by atoms with Crippen LogP contribution in [0.1, 0.15) is 0 Å². The van der Waals surface area contributed by atoms with E-state index in [-0.39, 0.29) is 5.82 Å². The van der Waals surface area contributed by atoms with Gasteiger partial charge in [-0.25, -0.2) is 4.39 Å². The Morgan fingerprint density at radius 2 is 0.723 bits per heavy atom. The summed E-state index contributed by atoms with van der Waals surface area (Å²) in [6.45, 7) is 0. The van der Waals surface area contributed by atoms with Gasteiger partial charge in [0, 0.05) is 56.4 Å². The van der Waals surface area contributed by atoms with Gasteiger partial charge in [-0.05, 0) is 78.9 Å². The summed E-state index contributed by atoms with van der Waals surface area (Å²) in [4.78, 5) is 4.12. The molecule has 0 unspecified atom stereocenters. The first-order valence-electron chi connectivity index (χ1n) is 15.5. The lowest BCUT2D eigenvalue weighted by Crippen LogP contribution is -2.13. The van der Waals surface area contributed by atoms with Crippen LogP contribution >= 0.6 is 0 Å². The molecule has 0 aliphatic heterocycles. The fourth-order valence-electron chi connectivity index (χ4n) is 6.57. The van der Waals surface area contributed by atoms with Crippen molar-refractivity contribution in [3.63, 3.8) is 0 Å². The molecule has 0 atom stereocenters. The van der Waals surface area contributed by atoms with Crippen LogP contribution < -0.4 is 9.80 Å². The van der Waals surface area contributed by atoms with Gasteiger partial charge in [0.2, 0.25) is 0 Å². The minimum Gasteiger partial charge on any atom is -0.456 e. The Morgan fingerprint density at radius 3 is 1.19 bits per heavy atom. The molecule has 0 aliphatic rings. The number of hydrogen-bond donors (Lipinski definition) is 0. The highest BCUT2D eigenvalue weighted by molar-refractivity contribution is 6.07. The number of benzene rings is 7. The number of nitrogens with zero attached hydrogens (tertiary/aromatic N) is 2. The lowest BCUT2D eigenvalue weighted by atomic mass is 10.1. The van der Waals surface area contributed by atoms with E-state index in [0.29, 0.717) is 11.4 Å². The molecule has 224 valence electrons. The summed E-state index contributed by atoms with van der Waals surface area (Å²) in [5.74, 6) is -0.353. The molecule has 2 aromatic heterocycles. The van der Waals surface area contributed by atoms with E-state index in [9.17, 15) is 0 Å². The molecule has 7 aromatic carbocycles. The first-order chi connectivity index (χ1) is 23.2. The third-order valence-electron chi connectivity index (χ3n) is 8.65. The monoisotopic (exact) mass is 610 g/mol. The molecule has 0 aliphatic carbocycles. The van der Waals surface area contributed by atoms with Gasteiger partial charge < -0.3 is 18.6 Å². The molecule has 0 amide bonds. The van der Waals surface area contributed by atoms with Crippen molar-refractivity contribution in [3.8, 4) is 0 Å². The van der Waals surface area contributed by atoms with Gasteiger partial charge >= 0.3 is 0 Å². The van der Waals surface area contributed by atoms with E-state index in [0.717, 1.165) is 66.6 Å². The number of hydrogen-bond acceptors (Lipinski definition) is 4. The topological polar surface area (TPSA) is 32.8 Å². The summed E-state index contributed by atoms with van der Waals surface area (Å²) in [7, 11) is 0. The van der Waals surface area contributed by atoms with Crippen molar-refractivity contribution in [2.45, 2.75) is 0 Å². The van der Waals surface area contributed by atoms with Crippen LogP contribution in [0.5, 0.6) is 0 Å². The lowest BCUT2D eigenvalue weighted by Gasteiger charge is -2.29. The zero-order valence-corrected chi connectivity index (χ0v) is 25.2. The number of halogens is 1.